The average molecular weight is 246 g/mol. The molecule has 17 heavy (non-hydrogen) atoms. The second-order valence-corrected chi connectivity index (χ2v) is 3.16. The van der Waals surface area contributed by atoms with Gasteiger partial charge in [0.15, 0.2) is 17.7 Å². The highest BCUT2D eigenvalue weighted by Gasteiger charge is 2.25. The van der Waals surface area contributed by atoms with Gasteiger partial charge in [-0.25, -0.2) is 13.6 Å². The Morgan fingerprint density at radius 3 is 2.65 bits per heavy atom. The highest BCUT2D eigenvalue weighted by molar-refractivity contribution is 5.77. The van der Waals surface area contributed by atoms with Gasteiger partial charge in [-0.1, -0.05) is 0 Å². The van der Waals surface area contributed by atoms with Crippen LogP contribution in [0.2, 0.25) is 0 Å². The number of carbonyl (C=O) groups excluding carboxylic acids is 1. The van der Waals surface area contributed by atoms with Crippen LogP contribution in [0.5, 0.6) is 5.75 Å². The zero-order valence-electron chi connectivity index (χ0n) is 9.37. The molecule has 1 unspecified atom stereocenters. The molecule has 0 aliphatic heterocycles. The number of hydrogen-bond donors (Lipinski definition) is 1. The average Bonchev–Trinajstić information content (AvgIpc) is 2.27. The lowest BCUT2D eigenvalue weighted by atomic mass is 10.1. The third-order valence-electron chi connectivity index (χ3n) is 2.05. The van der Waals surface area contributed by atoms with Crippen LogP contribution in [-0.2, 0) is 9.53 Å². The lowest BCUT2D eigenvalue weighted by Crippen LogP contribution is -2.17. The molecule has 1 aromatic carbocycles. The van der Waals surface area contributed by atoms with Crippen molar-refractivity contribution in [3.05, 3.63) is 29.3 Å². The number of methoxy groups -OCH3 is 1. The maximum Gasteiger partial charge on any atom is 0.339 e. The molecule has 1 atom stereocenters. The first-order chi connectivity index (χ1) is 8.01. The molecule has 94 valence electrons. The molecule has 0 saturated heterocycles. The predicted octanol–water partition coefficient (Wildman–Crippen LogP) is 1.57. The third kappa shape index (κ3) is 2.91. The summed E-state index contributed by atoms with van der Waals surface area (Å²) in [5.74, 6) is -3.28. The molecular formula is C11H12F2O4. The molecule has 0 saturated carbocycles. The molecule has 0 bridgehead atoms. The molecule has 0 spiro atoms. The highest BCUT2D eigenvalue weighted by Crippen LogP contribution is 2.29. The fourth-order valence-corrected chi connectivity index (χ4v) is 1.35. The van der Waals surface area contributed by atoms with Gasteiger partial charge in [-0.2, -0.15) is 0 Å². The molecule has 0 aromatic heterocycles. The Morgan fingerprint density at radius 1 is 1.47 bits per heavy atom. The van der Waals surface area contributed by atoms with Crippen LogP contribution in [0.3, 0.4) is 0 Å². The quantitative estimate of drug-likeness (QED) is 0.819. The van der Waals surface area contributed by atoms with Crippen molar-refractivity contribution in [2.45, 2.75) is 13.0 Å². The summed E-state index contributed by atoms with van der Waals surface area (Å²) in [7, 11) is 1.15. The van der Waals surface area contributed by atoms with Crippen molar-refractivity contribution in [3.63, 3.8) is 0 Å². The molecule has 0 aliphatic rings. The van der Waals surface area contributed by atoms with E-state index in [4.69, 9.17) is 0 Å². The fraction of sp³-hybridized carbons (Fsp3) is 0.364. The van der Waals surface area contributed by atoms with Crippen molar-refractivity contribution in [2.75, 3.05) is 13.7 Å². The van der Waals surface area contributed by atoms with Gasteiger partial charge in [0.2, 0.25) is 0 Å². The molecule has 0 aliphatic carbocycles. The van der Waals surface area contributed by atoms with E-state index in [0.717, 1.165) is 13.2 Å². The number of aliphatic hydroxyl groups excluding tert-OH is 1. The van der Waals surface area contributed by atoms with Crippen molar-refractivity contribution >= 4 is 5.97 Å². The summed E-state index contributed by atoms with van der Waals surface area (Å²) in [6, 6.07) is 1.42. The first-order valence-electron chi connectivity index (χ1n) is 4.88. The van der Waals surface area contributed by atoms with Gasteiger partial charge in [0, 0.05) is 11.6 Å². The minimum atomic E-state index is -1.78. The van der Waals surface area contributed by atoms with E-state index in [1.807, 2.05) is 0 Å². The van der Waals surface area contributed by atoms with E-state index >= 15 is 0 Å². The van der Waals surface area contributed by atoms with Gasteiger partial charge in [-0.15, -0.1) is 0 Å². The molecule has 4 nitrogen and oxygen atoms in total. The molecular weight excluding hydrogens is 234 g/mol. The van der Waals surface area contributed by atoms with Gasteiger partial charge in [0.1, 0.15) is 5.82 Å². The van der Waals surface area contributed by atoms with Gasteiger partial charge in [0.25, 0.3) is 0 Å². The Balaban J connectivity index is 3.15. The van der Waals surface area contributed by atoms with Gasteiger partial charge in [-0.05, 0) is 13.0 Å². The van der Waals surface area contributed by atoms with Crippen molar-refractivity contribution in [1.82, 2.24) is 0 Å². The molecule has 6 heteroatoms. The molecule has 1 rings (SSSR count). The maximum absolute atomic E-state index is 13.3. The minimum absolute atomic E-state index is 0.0516. The Hall–Kier alpha value is -1.69. The largest absolute Gasteiger partial charge is 0.493 e. The first kappa shape index (κ1) is 13.4. The zero-order valence-corrected chi connectivity index (χ0v) is 9.37. The Kier molecular flexibility index (Phi) is 4.39. The summed E-state index contributed by atoms with van der Waals surface area (Å²) >= 11 is 0. The smallest absolute Gasteiger partial charge is 0.339 e. The number of esters is 1. The second-order valence-electron chi connectivity index (χ2n) is 3.16. The highest BCUT2D eigenvalue weighted by atomic mass is 19.1. The Labute approximate surface area is 96.8 Å². The molecule has 0 heterocycles. The van der Waals surface area contributed by atoms with Crippen LogP contribution in [0.1, 0.15) is 18.6 Å². The van der Waals surface area contributed by atoms with Crippen molar-refractivity contribution in [2.24, 2.45) is 0 Å². The number of hydrogen-bond acceptors (Lipinski definition) is 4. The minimum Gasteiger partial charge on any atom is -0.493 e. The normalized spacial score (nSPS) is 12.1. The molecule has 1 N–H and O–H groups in total. The van der Waals surface area contributed by atoms with Crippen LogP contribution in [0.25, 0.3) is 0 Å². The topological polar surface area (TPSA) is 55.8 Å². The van der Waals surface area contributed by atoms with E-state index < -0.39 is 23.7 Å². The summed E-state index contributed by atoms with van der Waals surface area (Å²) in [6.45, 7) is 1.60. The molecule has 0 fully saturated rings. The van der Waals surface area contributed by atoms with E-state index in [1.165, 1.54) is 0 Å². The predicted molar refractivity (Wildman–Crippen MR) is 54.5 cm³/mol. The molecule has 0 amide bonds. The summed E-state index contributed by atoms with van der Waals surface area (Å²) in [6.07, 6.45) is -1.78. The monoisotopic (exact) mass is 246 g/mol. The van der Waals surface area contributed by atoms with Gasteiger partial charge in [-0.3, -0.25) is 0 Å². The van der Waals surface area contributed by atoms with E-state index in [-0.39, 0.29) is 17.9 Å². The van der Waals surface area contributed by atoms with Gasteiger partial charge < -0.3 is 14.6 Å². The summed E-state index contributed by atoms with van der Waals surface area (Å²) in [4.78, 5) is 11.3. The van der Waals surface area contributed by atoms with Crippen LogP contribution in [0, 0.1) is 11.6 Å². The van der Waals surface area contributed by atoms with E-state index in [2.05, 4.69) is 9.47 Å². The lowest BCUT2D eigenvalue weighted by Gasteiger charge is -2.14. The van der Waals surface area contributed by atoms with E-state index in [1.54, 1.807) is 6.92 Å². The standard InChI is InChI=1S/C11H12F2O4/c1-3-17-11(15)9(14)7-4-6(12)5-8(13)10(7)16-2/h4-5,9,14H,3H2,1-2H3. The third-order valence-corrected chi connectivity index (χ3v) is 2.05. The molecule has 0 radical (unpaired) electrons. The number of halogens is 2. The summed E-state index contributed by atoms with van der Waals surface area (Å²) < 4.78 is 35.5. The summed E-state index contributed by atoms with van der Waals surface area (Å²) in [5.41, 5.74) is -0.302. The van der Waals surface area contributed by atoms with Crippen LogP contribution < -0.4 is 4.74 Å². The van der Waals surface area contributed by atoms with E-state index in [0.29, 0.717) is 6.07 Å². The van der Waals surface area contributed by atoms with Crippen molar-refractivity contribution in [3.8, 4) is 5.75 Å². The maximum atomic E-state index is 13.3. The lowest BCUT2D eigenvalue weighted by molar-refractivity contribution is -0.153. The Bertz CT molecular complexity index is 420. The SMILES string of the molecule is CCOC(=O)C(O)c1cc(F)cc(F)c1OC. The number of ether oxygens (including phenoxy) is 2. The number of rotatable bonds is 4. The molecule has 1 aromatic rings. The van der Waals surface area contributed by atoms with Crippen molar-refractivity contribution < 1.29 is 28.2 Å². The van der Waals surface area contributed by atoms with Gasteiger partial charge >= 0.3 is 5.97 Å². The number of carbonyl (C=O) groups is 1. The first-order valence-corrected chi connectivity index (χ1v) is 4.88. The number of aliphatic hydroxyl groups is 1. The van der Waals surface area contributed by atoms with Crippen LogP contribution in [0.15, 0.2) is 12.1 Å². The summed E-state index contributed by atoms with van der Waals surface area (Å²) in [5, 5.41) is 9.59. The zero-order chi connectivity index (χ0) is 13.0. The second kappa shape index (κ2) is 5.58. The number of benzene rings is 1. The Morgan fingerprint density at radius 2 is 2.12 bits per heavy atom. The van der Waals surface area contributed by atoms with Crippen LogP contribution in [-0.4, -0.2) is 24.8 Å². The fourth-order valence-electron chi connectivity index (χ4n) is 1.35. The van der Waals surface area contributed by atoms with Crippen LogP contribution in [0.4, 0.5) is 8.78 Å². The van der Waals surface area contributed by atoms with E-state index in [9.17, 15) is 18.7 Å². The van der Waals surface area contributed by atoms with Crippen LogP contribution >= 0.6 is 0 Å². The van der Waals surface area contributed by atoms with Crippen molar-refractivity contribution in [1.29, 1.82) is 0 Å². The van der Waals surface area contributed by atoms with Gasteiger partial charge in [0.05, 0.1) is 13.7 Å².